The molecular formula is C16H18ClNS. The Labute approximate surface area is 123 Å². The van der Waals surface area contributed by atoms with Crippen LogP contribution in [0.4, 0.5) is 5.69 Å². The average Bonchev–Trinajstić information content (AvgIpc) is 2.93. The van der Waals surface area contributed by atoms with E-state index in [9.17, 15) is 0 Å². The first-order valence-electron chi connectivity index (χ1n) is 6.90. The second kappa shape index (κ2) is 5.56. The molecule has 0 radical (unpaired) electrons. The van der Waals surface area contributed by atoms with E-state index in [4.69, 9.17) is 11.6 Å². The van der Waals surface area contributed by atoms with E-state index in [1.807, 2.05) is 0 Å². The van der Waals surface area contributed by atoms with Gasteiger partial charge in [0, 0.05) is 10.6 Å². The quantitative estimate of drug-likeness (QED) is 0.789. The van der Waals surface area contributed by atoms with Crippen LogP contribution in [-0.2, 0) is 12.8 Å². The largest absolute Gasteiger partial charge is 0.378 e. The van der Waals surface area contributed by atoms with Crippen molar-refractivity contribution in [2.75, 3.05) is 5.32 Å². The number of hydrogen-bond donors (Lipinski definition) is 1. The highest BCUT2D eigenvalue weighted by molar-refractivity contribution is 7.16. The zero-order valence-electron chi connectivity index (χ0n) is 11.1. The third-order valence-corrected chi connectivity index (χ3v) is 5.02. The Morgan fingerprint density at radius 3 is 2.84 bits per heavy atom. The lowest BCUT2D eigenvalue weighted by Gasteiger charge is -2.15. The molecule has 0 fully saturated rings. The van der Waals surface area contributed by atoms with Gasteiger partial charge >= 0.3 is 0 Å². The number of thiophene rings is 1. The molecule has 19 heavy (non-hydrogen) atoms. The van der Waals surface area contributed by atoms with Crippen LogP contribution in [0.15, 0.2) is 30.3 Å². The van der Waals surface area contributed by atoms with Crippen LogP contribution < -0.4 is 5.32 Å². The van der Waals surface area contributed by atoms with Gasteiger partial charge in [-0.3, -0.25) is 0 Å². The molecule has 1 heterocycles. The van der Waals surface area contributed by atoms with Crippen molar-refractivity contribution in [3.8, 4) is 0 Å². The van der Waals surface area contributed by atoms with Gasteiger partial charge in [0.2, 0.25) is 0 Å². The summed E-state index contributed by atoms with van der Waals surface area (Å²) in [6.07, 6.45) is 4.69. The van der Waals surface area contributed by atoms with E-state index in [0.717, 1.165) is 17.2 Å². The lowest BCUT2D eigenvalue weighted by molar-refractivity contribution is 0.762. The normalized spacial score (nSPS) is 17.5. The first-order valence-corrected chi connectivity index (χ1v) is 8.09. The van der Waals surface area contributed by atoms with Crippen LogP contribution in [0.5, 0.6) is 0 Å². The molecule has 1 atom stereocenters. The number of nitrogens with one attached hydrogen (secondary N) is 1. The molecule has 1 aromatic carbocycles. The fourth-order valence-electron chi connectivity index (χ4n) is 2.74. The molecule has 1 aliphatic carbocycles. The zero-order valence-corrected chi connectivity index (χ0v) is 12.7. The van der Waals surface area contributed by atoms with Gasteiger partial charge in [-0.1, -0.05) is 37.1 Å². The van der Waals surface area contributed by atoms with Gasteiger partial charge in [0.1, 0.15) is 0 Å². The smallest absolute Gasteiger partial charge is 0.0934 e. The van der Waals surface area contributed by atoms with E-state index in [-0.39, 0.29) is 0 Å². The number of benzene rings is 1. The van der Waals surface area contributed by atoms with E-state index in [1.54, 1.807) is 11.3 Å². The number of rotatable bonds is 4. The highest BCUT2D eigenvalue weighted by Gasteiger charge is 2.24. The van der Waals surface area contributed by atoms with Crippen molar-refractivity contribution in [3.63, 3.8) is 0 Å². The lowest BCUT2D eigenvalue weighted by Crippen LogP contribution is -2.06. The molecule has 3 rings (SSSR count). The molecule has 0 amide bonds. The summed E-state index contributed by atoms with van der Waals surface area (Å²) < 4.78 is 0.912. The third kappa shape index (κ3) is 2.80. The predicted octanol–water partition coefficient (Wildman–Crippen LogP) is 5.45. The summed E-state index contributed by atoms with van der Waals surface area (Å²) in [7, 11) is 0. The second-order valence-corrected chi connectivity index (χ2v) is 6.88. The number of halogens is 1. The summed E-state index contributed by atoms with van der Waals surface area (Å²) in [5.41, 5.74) is 4.02. The number of hydrogen-bond acceptors (Lipinski definition) is 2. The maximum Gasteiger partial charge on any atom is 0.0934 e. The van der Waals surface area contributed by atoms with Crippen LogP contribution >= 0.6 is 22.9 Å². The van der Waals surface area contributed by atoms with Gasteiger partial charge in [0.05, 0.1) is 10.4 Å². The molecule has 0 aliphatic heterocycles. The highest BCUT2D eigenvalue weighted by Crippen LogP contribution is 2.40. The summed E-state index contributed by atoms with van der Waals surface area (Å²) >= 11 is 7.82. The summed E-state index contributed by atoms with van der Waals surface area (Å²) in [6.45, 7) is 2.21. The van der Waals surface area contributed by atoms with E-state index < -0.39 is 0 Å². The third-order valence-electron chi connectivity index (χ3n) is 3.68. The Hall–Kier alpha value is -0.990. The van der Waals surface area contributed by atoms with Crippen molar-refractivity contribution in [3.05, 3.63) is 50.7 Å². The van der Waals surface area contributed by atoms with Gasteiger partial charge in [0.15, 0.2) is 0 Å². The van der Waals surface area contributed by atoms with Gasteiger partial charge in [-0.05, 0) is 48.6 Å². The van der Waals surface area contributed by atoms with Crippen LogP contribution in [0.3, 0.4) is 0 Å². The minimum absolute atomic E-state index is 0.427. The molecule has 1 aromatic heterocycles. The molecular weight excluding hydrogens is 274 g/mol. The van der Waals surface area contributed by atoms with Gasteiger partial charge in [-0.2, -0.15) is 0 Å². The van der Waals surface area contributed by atoms with E-state index >= 15 is 0 Å². The molecule has 1 unspecified atom stereocenters. The van der Waals surface area contributed by atoms with Gasteiger partial charge < -0.3 is 5.32 Å². The minimum Gasteiger partial charge on any atom is -0.378 e. The van der Waals surface area contributed by atoms with Crippen LogP contribution in [0.25, 0.3) is 0 Å². The van der Waals surface area contributed by atoms with E-state index in [1.165, 1.54) is 34.5 Å². The van der Waals surface area contributed by atoms with Crippen molar-refractivity contribution in [1.82, 2.24) is 0 Å². The first kappa shape index (κ1) is 13.0. The van der Waals surface area contributed by atoms with Crippen molar-refractivity contribution >= 4 is 28.6 Å². The molecule has 3 heteroatoms. The monoisotopic (exact) mass is 291 g/mol. The fourth-order valence-corrected chi connectivity index (χ4v) is 4.09. The Morgan fingerprint density at radius 1 is 1.32 bits per heavy atom. The van der Waals surface area contributed by atoms with Crippen molar-refractivity contribution in [2.24, 2.45) is 0 Å². The lowest BCUT2D eigenvalue weighted by atomic mass is 10.1. The topological polar surface area (TPSA) is 12.0 Å². The van der Waals surface area contributed by atoms with Crippen LogP contribution in [-0.4, -0.2) is 0 Å². The summed E-state index contributed by atoms with van der Waals surface area (Å²) in [5.74, 6) is 0. The van der Waals surface area contributed by atoms with Gasteiger partial charge in [0.25, 0.3) is 0 Å². The molecule has 100 valence electrons. The summed E-state index contributed by atoms with van der Waals surface area (Å²) in [5, 5.41) is 3.63. The summed E-state index contributed by atoms with van der Waals surface area (Å²) in [4.78, 5) is 1.45. The zero-order chi connectivity index (χ0) is 13.2. The fraction of sp³-hybridized carbons (Fsp3) is 0.375. The van der Waals surface area contributed by atoms with Crippen molar-refractivity contribution in [1.29, 1.82) is 0 Å². The maximum atomic E-state index is 6.09. The van der Waals surface area contributed by atoms with Gasteiger partial charge in [-0.25, -0.2) is 0 Å². The SMILES string of the molecule is CCCc1ccc(NC2CCc3sc(Cl)cc32)cc1. The molecule has 1 nitrogen and oxygen atoms in total. The van der Waals surface area contributed by atoms with Crippen molar-refractivity contribution in [2.45, 2.75) is 38.6 Å². The van der Waals surface area contributed by atoms with Crippen LogP contribution in [0, 0.1) is 0 Å². The summed E-state index contributed by atoms with van der Waals surface area (Å²) in [6, 6.07) is 11.4. The Bertz CT molecular complexity index is 559. The standard InChI is InChI=1S/C16H18ClNS/c1-2-3-11-4-6-12(7-5-11)18-14-8-9-15-13(14)10-16(17)19-15/h4-7,10,14,18H,2-3,8-9H2,1H3. The predicted molar refractivity (Wildman–Crippen MR) is 84.5 cm³/mol. The minimum atomic E-state index is 0.427. The number of anilines is 1. The van der Waals surface area contributed by atoms with E-state index in [0.29, 0.717) is 6.04 Å². The highest BCUT2D eigenvalue weighted by atomic mass is 35.5. The van der Waals surface area contributed by atoms with Gasteiger partial charge in [-0.15, -0.1) is 11.3 Å². The molecule has 0 bridgehead atoms. The number of fused-ring (bicyclic) bond motifs is 1. The maximum absolute atomic E-state index is 6.09. The average molecular weight is 292 g/mol. The van der Waals surface area contributed by atoms with Crippen LogP contribution in [0.1, 0.15) is 41.8 Å². The Morgan fingerprint density at radius 2 is 2.11 bits per heavy atom. The van der Waals surface area contributed by atoms with Crippen LogP contribution in [0.2, 0.25) is 4.34 Å². The van der Waals surface area contributed by atoms with Crippen molar-refractivity contribution < 1.29 is 0 Å². The molecule has 1 N–H and O–H groups in total. The Kier molecular flexibility index (Phi) is 3.81. The molecule has 2 aromatic rings. The molecule has 0 saturated heterocycles. The molecule has 0 spiro atoms. The molecule has 1 aliphatic rings. The first-order chi connectivity index (χ1) is 9.26. The van der Waals surface area contributed by atoms with E-state index in [2.05, 4.69) is 42.6 Å². The second-order valence-electron chi connectivity index (χ2n) is 5.11. The molecule has 0 saturated carbocycles. The Balaban J connectivity index is 1.72. The number of aryl methyl sites for hydroxylation is 2.